The van der Waals surface area contributed by atoms with Crippen molar-refractivity contribution in [2.75, 3.05) is 6.54 Å². The summed E-state index contributed by atoms with van der Waals surface area (Å²) in [6.07, 6.45) is 0. The molecule has 5 rings (SSSR count). The maximum absolute atomic E-state index is 13.9. The number of benzene rings is 2. The van der Waals surface area contributed by atoms with Crippen molar-refractivity contribution in [3.05, 3.63) is 71.5 Å². The van der Waals surface area contributed by atoms with E-state index in [1.807, 2.05) is 51.1 Å². The molecule has 2 aromatic carbocycles. The molecule has 2 fully saturated rings. The van der Waals surface area contributed by atoms with Gasteiger partial charge in [-0.05, 0) is 51.0 Å². The number of nitrogens with zero attached hydrogens (tertiary/aromatic N) is 3. The van der Waals surface area contributed by atoms with Gasteiger partial charge in [0.1, 0.15) is 11.2 Å². The van der Waals surface area contributed by atoms with E-state index in [1.54, 1.807) is 19.1 Å². The summed E-state index contributed by atoms with van der Waals surface area (Å²) >= 11 is 0. The molecule has 170 valence electrons. The molecule has 0 aromatic heterocycles. The number of likely N-dealkylation sites (tertiary alicyclic amines) is 1. The van der Waals surface area contributed by atoms with Crippen LogP contribution in [-0.2, 0) is 20.9 Å². The molecule has 1 saturated carbocycles. The van der Waals surface area contributed by atoms with Crippen LogP contribution < -0.4 is 0 Å². The summed E-state index contributed by atoms with van der Waals surface area (Å²) in [5.74, 6) is -2.40. The average molecular weight is 448 g/mol. The van der Waals surface area contributed by atoms with Gasteiger partial charge in [-0.1, -0.05) is 42.5 Å². The second kappa shape index (κ2) is 6.83. The van der Waals surface area contributed by atoms with Crippen molar-refractivity contribution < 1.29 is 18.8 Å². The molecule has 6 nitrogen and oxygen atoms in total. The summed E-state index contributed by atoms with van der Waals surface area (Å²) in [4.78, 5) is 42.3. The lowest BCUT2D eigenvalue weighted by Crippen LogP contribution is -2.44. The molecule has 0 N–H and O–H groups in total. The Morgan fingerprint density at radius 2 is 1.67 bits per heavy atom. The lowest BCUT2D eigenvalue weighted by Gasteiger charge is -2.29. The number of amides is 2. The standard InChI is InChI=1S/C26H26FN3O3/c1-16-26(23(33)30(28-16)24(2,3)4)20(18-10-12-19(27)13-11-18)25(26)15-29(22(32)21(25)31)14-17-8-6-5-7-9-17/h5-13,20H,14-15H2,1-4H3/t20-,25?,26?/m0/s1. The highest BCUT2D eigenvalue weighted by molar-refractivity contribution is 6.45. The summed E-state index contributed by atoms with van der Waals surface area (Å²) < 4.78 is 13.7. The Balaban J connectivity index is 1.62. The Morgan fingerprint density at radius 3 is 2.24 bits per heavy atom. The van der Waals surface area contributed by atoms with Crippen molar-refractivity contribution in [1.82, 2.24) is 9.91 Å². The molecule has 33 heavy (non-hydrogen) atoms. The number of halogens is 1. The zero-order chi connectivity index (χ0) is 23.8. The first-order chi connectivity index (χ1) is 15.5. The Hall–Kier alpha value is -3.35. The molecule has 3 aliphatic rings. The second-order valence-electron chi connectivity index (χ2n) is 10.2. The zero-order valence-electron chi connectivity index (χ0n) is 19.1. The Bertz CT molecular complexity index is 1200. The van der Waals surface area contributed by atoms with Crippen LogP contribution >= 0.6 is 0 Å². The fourth-order valence-corrected chi connectivity index (χ4v) is 5.86. The normalized spacial score (nSPS) is 28.9. The quantitative estimate of drug-likeness (QED) is 0.676. The summed E-state index contributed by atoms with van der Waals surface area (Å²) in [7, 11) is 0. The van der Waals surface area contributed by atoms with Gasteiger partial charge in [0.25, 0.3) is 11.8 Å². The molecule has 2 spiro atoms. The Labute approximate surface area is 192 Å². The SMILES string of the molecule is CC1=NN(C(C)(C)C)C(=O)C12[C@@H](c1ccc(F)cc1)C21CN(Cc2ccccc2)C(=O)C1=O. The average Bonchev–Trinajstić information content (AvgIpc) is 3.19. The number of hydrogen-bond donors (Lipinski definition) is 0. The van der Waals surface area contributed by atoms with Crippen molar-refractivity contribution in [2.45, 2.75) is 45.7 Å². The first kappa shape index (κ1) is 21.5. The van der Waals surface area contributed by atoms with Crippen molar-refractivity contribution in [3.63, 3.8) is 0 Å². The monoisotopic (exact) mass is 447 g/mol. The van der Waals surface area contributed by atoms with Gasteiger partial charge in [-0.3, -0.25) is 14.4 Å². The lowest BCUT2D eigenvalue weighted by molar-refractivity contribution is -0.143. The zero-order valence-corrected chi connectivity index (χ0v) is 19.1. The van der Waals surface area contributed by atoms with Crippen LogP contribution in [0.3, 0.4) is 0 Å². The van der Waals surface area contributed by atoms with Crippen LogP contribution in [0.2, 0.25) is 0 Å². The molecular formula is C26H26FN3O3. The van der Waals surface area contributed by atoms with Gasteiger partial charge >= 0.3 is 0 Å². The molecule has 0 bridgehead atoms. The van der Waals surface area contributed by atoms with Crippen LogP contribution in [0, 0.1) is 16.6 Å². The third-order valence-corrected chi connectivity index (χ3v) is 7.28. The van der Waals surface area contributed by atoms with E-state index >= 15 is 0 Å². The largest absolute Gasteiger partial charge is 0.331 e. The highest BCUT2D eigenvalue weighted by atomic mass is 19.1. The van der Waals surface area contributed by atoms with E-state index < -0.39 is 39.8 Å². The molecule has 3 atom stereocenters. The van der Waals surface area contributed by atoms with Crippen LogP contribution in [0.5, 0.6) is 0 Å². The minimum absolute atomic E-state index is 0.123. The van der Waals surface area contributed by atoms with Crippen LogP contribution in [0.1, 0.15) is 44.7 Å². The number of hydrazone groups is 1. The van der Waals surface area contributed by atoms with Crippen molar-refractivity contribution in [1.29, 1.82) is 0 Å². The minimum Gasteiger partial charge on any atom is -0.331 e. The van der Waals surface area contributed by atoms with Crippen molar-refractivity contribution in [2.24, 2.45) is 15.9 Å². The van der Waals surface area contributed by atoms with Gasteiger partial charge in [0.05, 0.1) is 16.7 Å². The number of ketones is 1. The van der Waals surface area contributed by atoms with Crippen molar-refractivity contribution >= 4 is 23.3 Å². The summed E-state index contributed by atoms with van der Waals surface area (Å²) in [5.41, 5.74) is -0.980. The molecule has 2 heterocycles. The molecule has 2 aliphatic heterocycles. The van der Waals surface area contributed by atoms with Crippen molar-refractivity contribution in [3.8, 4) is 0 Å². The number of Topliss-reactive ketones (excluding diaryl/α,β-unsaturated/α-hetero) is 1. The number of hydrogen-bond acceptors (Lipinski definition) is 4. The maximum Gasteiger partial charge on any atom is 0.291 e. The molecular weight excluding hydrogens is 421 g/mol. The third kappa shape index (κ3) is 2.71. The predicted molar refractivity (Wildman–Crippen MR) is 121 cm³/mol. The van der Waals surface area contributed by atoms with Gasteiger partial charge in [0.2, 0.25) is 5.78 Å². The number of rotatable bonds is 3. The minimum atomic E-state index is -1.25. The van der Waals surface area contributed by atoms with E-state index in [4.69, 9.17) is 0 Å². The molecule has 1 aliphatic carbocycles. The van der Waals surface area contributed by atoms with E-state index in [0.717, 1.165) is 5.56 Å². The highest BCUT2D eigenvalue weighted by Crippen LogP contribution is 2.79. The molecule has 1 saturated heterocycles. The van der Waals surface area contributed by atoms with E-state index in [0.29, 0.717) is 11.3 Å². The van der Waals surface area contributed by atoms with Gasteiger partial charge in [0, 0.05) is 19.0 Å². The van der Waals surface area contributed by atoms with E-state index in [1.165, 1.54) is 22.0 Å². The van der Waals surface area contributed by atoms with E-state index in [-0.39, 0.29) is 19.0 Å². The fraction of sp³-hybridized carbons (Fsp3) is 0.385. The van der Waals surface area contributed by atoms with Gasteiger partial charge < -0.3 is 4.90 Å². The van der Waals surface area contributed by atoms with Gasteiger partial charge in [-0.25, -0.2) is 9.40 Å². The number of carbonyl (C=O) groups is 3. The summed E-state index contributed by atoms with van der Waals surface area (Å²) in [6, 6.07) is 15.3. The number of carbonyl (C=O) groups excluding carboxylic acids is 3. The maximum atomic E-state index is 13.9. The molecule has 2 amide bonds. The molecule has 2 aromatic rings. The number of fused-ring (bicyclic) bond motifs is 1. The van der Waals surface area contributed by atoms with Gasteiger partial charge in [0.15, 0.2) is 0 Å². The predicted octanol–water partition coefficient (Wildman–Crippen LogP) is 3.52. The van der Waals surface area contributed by atoms with E-state index in [9.17, 15) is 18.8 Å². The first-order valence-corrected chi connectivity index (χ1v) is 11.1. The Morgan fingerprint density at radius 1 is 1.03 bits per heavy atom. The topological polar surface area (TPSA) is 70.1 Å². The van der Waals surface area contributed by atoms with E-state index in [2.05, 4.69) is 5.10 Å². The van der Waals surface area contributed by atoms with Crippen LogP contribution in [0.4, 0.5) is 4.39 Å². The van der Waals surface area contributed by atoms with Crippen LogP contribution in [-0.4, -0.2) is 45.3 Å². The van der Waals surface area contributed by atoms with Gasteiger partial charge in [-0.2, -0.15) is 5.10 Å². The van der Waals surface area contributed by atoms with Crippen LogP contribution in [0.25, 0.3) is 0 Å². The lowest BCUT2D eigenvalue weighted by atomic mass is 9.86. The molecule has 0 radical (unpaired) electrons. The molecule has 2 unspecified atom stereocenters. The van der Waals surface area contributed by atoms with Crippen LogP contribution in [0.15, 0.2) is 59.7 Å². The summed E-state index contributed by atoms with van der Waals surface area (Å²) in [6.45, 7) is 7.81. The second-order valence-corrected chi connectivity index (χ2v) is 10.2. The molecule has 7 heteroatoms. The fourth-order valence-electron chi connectivity index (χ4n) is 5.86. The van der Waals surface area contributed by atoms with Gasteiger partial charge in [-0.15, -0.1) is 0 Å². The Kier molecular flexibility index (Phi) is 4.45. The highest BCUT2D eigenvalue weighted by Gasteiger charge is 2.90. The smallest absolute Gasteiger partial charge is 0.291 e. The summed E-state index contributed by atoms with van der Waals surface area (Å²) in [5, 5.41) is 6.02. The first-order valence-electron chi connectivity index (χ1n) is 11.1. The third-order valence-electron chi connectivity index (χ3n) is 7.28.